The van der Waals surface area contributed by atoms with Gasteiger partial charge in [0.15, 0.2) is 0 Å². The van der Waals surface area contributed by atoms with Crippen LogP contribution in [0.15, 0.2) is 60.7 Å². The van der Waals surface area contributed by atoms with Crippen LogP contribution in [0.2, 0.25) is 0 Å². The van der Waals surface area contributed by atoms with Crippen LogP contribution in [-0.4, -0.2) is 11.9 Å². The van der Waals surface area contributed by atoms with Gasteiger partial charge in [0, 0.05) is 0 Å². The average Bonchev–Trinajstić information content (AvgIpc) is 2.94. The molecule has 2 atom stereocenters. The fourth-order valence-electron chi connectivity index (χ4n) is 2.37. The first kappa shape index (κ1) is 14.0. The number of rotatable bonds is 3. The lowest BCUT2D eigenvalue weighted by atomic mass is 9.95. The molecule has 5 heteroatoms. The molecule has 1 saturated heterocycles. The van der Waals surface area contributed by atoms with Gasteiger partial charge in [-0.3, -0.25) is 0 Å². The first-order chi connectivity index (χ1) is 9.75. The van der Waals surface area contributed by atoms with Crippen molar-refractivity contribution in [2.45, 2.75) is 16.9 Å². The molecule has 0 saturated carbocycles. The molecule has 102 valence electrons. The molecule has 0 aromatic heterocycles. The summed E-state index contributed by atoms with van der Waals surface area (Å²) in [7, 11) is -0.617. The van der Waals surface area contributed by atoms with Crippen molar-refractivity contribution in [3.63, 3.8) is 0 Å². The summed E-state index contributed by atoms with van der Waals surface area (Å²) in [6, 6.07) is 19.9. The maximum absolute atomic E-state index is 5.91. The molecule has 0 aliphatic carbocycles. The van der Waals surface area contributed by atoms with Crippen LogP contribution in [0, 0.1) is 0 Å². The second kappa shape index (κ2) is 6.19. The Labute approximate surface area is 128 Å². The van der Waals surface area contributed by atoms with Crippen LogP contribution in [0.4, 0.5) is 0 Å². The zero-order valence-corrected chi connectivity index (χ0v) is 12.2. The molecule has 1 heterocycles. The van der Waals surface area contributed by atoms with Gasteiger partial charge in [0.2, 0.25) is 0 Å². The minimum absolute atomic E-state index is 0.205. The van der Waals surface area contributed by atoms with Crippen LogP contribution in [0.1, 0.15) is 23.3 Å². The lowest BCUT2D eigenvalue weighted by molar-refractivity contribution is 0.159. The third-order valence-corrected chi connectivity index (χ3v) is 3.71. The van der Waals surface area contributed by atoms with Gasteiger partial charge in [0.1, 0.15) is 4.74 Å². The molecule has 20 heavy (non-hydrogen) atoms. The summed E-state index contributed by atoms with van der Waals surface area (Å²) in [4.78, 5) is 0. The van der Waals surface area contributed by atoms with Crippen molar-refractivity contribution in [2.75, 3.05) is 0 Å². The summed E-state index contributed by atoms with van der Waals surface area (Å²) >= 11 is 11.8. The van der Waals surface area contributed by atoms with Gasteiger partial charge in [0.05, 0.1) is 12.2 Å². The predicted octanol–water partition coefficient (Wildman–Crippen LogP) is 4.35. The van der Waals surface area contributed by atoms with E-state index in [4.69, 9.17) is 32.5 Å². The Bertz CT molecular complexity index is 503. The first-order valence-corrected chi connectivity index (χ1v) is 7.32. The van der Waals surface area contributed by atoms with Crippen molar-refractivity contribution >= 4 is 30.3 Å². The van der Waals surface area contributed by atoms with E-state index >= 15 is 0 Å². The van der Waals surface area contributed by atoms with E-state index in [0.29, 0.717) is 0 Å². The fourth-order valence-corrected chi connectivity index (χ4v) is 2.61. The molecule has 2 aromatic rings. The topological polar surface area (TPSA) is 18.5 Å². The molecule has 3 rings (SSSR count). The molecule has 2 unspecified atom stereocenters. The average molecular weight is 307 g/mol. The molecule has 2 aromatic carbocycles. The Kier molecular flexibility index (Phi) is 4.32. The molecule has 1 aliphatic heterocycles. The van der Waals surface area contributed by atoms with E-state index in [1.54, 1.807) is 0 Å². The molecule has 0 amide bonds. The monoisotopic (exact) mass is 306 g/mol. The van der Waals surface area contributed by atoms with Crippen LogP contribution in [0.25, 0.3) is 0 Å². The maximum atomic E-state index is 5.91. The fraction of sp³-hybridized carbons (Fsp3) is 0.200. The minimum atomic E-state index is -0.713. The SMILES string of the molecule is ClC(Cl)B1OC(c2ccccc2)C(c2ccccc2)O1. The highest BCUT2D eigenvalue weighted by molar-refractivity contribution is 6.73. The molecule has 0 spiro atoms. The van der Waals surface area contributed by atoms with Crippen molar-refractivity contribution in [1.29, 1.82) is 0 Å². The Morgan fingerprint density at radius 3 is 1.50 bits per heavy atom. The number of hydrogen-bond donors (Lipinski definition) is 0. The molecule has 0 N–H and O–H groups in total. The Hall–Kier alpha value is -0.995. The Morgan fingerprint density at radius 2 is 1.15 bits per heavy atom. The van der Waals surface area contributed by atoms with Crippen molar-refractivity contribution in [3.8, 4) is 0 Å². The molecule has 1 fully saturated rings. The number of hydrogen-bond acceptors (Lipinski definition) is 2. The molecular formula is C15H13BCl2O2. The van der Waals surface area contributed by atoms with Crippen molar-refractivity contribution in [1.82, 2.24) is 0 Å². The summed E-state index contributed by atoms with van der Waals surface area (Å²) in [5.74, 6) is 0. The summed E-state index contributed by atoms with van der Waals surface area (Å²) in [5.41, 5.74) is 2.11. The zero-order valence-electron chi connectivity index (χ0n) is 10.7. The smallest absolute Gasteiger partial charge is 0.399 e. The number of alkyl halides is 2. The Morgan fingerprint density at radius 1 is 0.750 bits per heavy atom. The minimum Gasteiger partial charge on any atom is -0.399 e. The molecule has 1 aliphatic rings. The maximum Gasteiger partial charge on any atom is 0.493 e. The van der Waals surface area contributed by atoms with E-state index in [2.05, 4.69) is 0 Å². The van der Waals surface area contributed by atoms with Gasteiger partial charge in [-0.05, 0) is 11.1 Å². The lowest BCUT2D eigenvalue weighted by Gasteiger charge is -2.19. The highest BCUT2D eigenvalue weighted by Crippen LogP contribution is 2.42. The highest BCUT2D eigenvalue weighted by Gasteiger charge is 2.44. The third kappa shape index (κ3) is 2.86. The van der Waals surface area contributed by atoms with E-state index in [9.17, 15) is 0 Å². The van der Waals surface area contributed by atoms with Crippen LogP contribution >= 0.6 is 23.2 Å². The third-order valence-electron chi connectivity index (χ3n) is 3.30. The summed E-state index contributed by atoms with van der Waals surface area (Å²) in [5, 5.41) is 0. The normalized spacial score (nSPS) is 22.4. The van der Waals surface area contributed by atoms with Gasteiger partial charge in [-0.25, -0.2) is 0 Å². The largest absolute Gasteiger partial charge is 0.493 e. The van der Waals surface area contributed by atoms with Crippen molar-refractivity contribution in [3.05, 3.63) is 71.8 Å². The van der Waals surface area contributed by atoms with Gasteiger partial charge >= 0.3 is 7.12 Å². The molecule has 2 nitrogen and oxygen atoms in total. The van der Waals surface area contributed by atoms with Crippen LogP contribution in [-0.2, 0) is 9.31 Å². The van der Waals surface area contributed by atoms with E-state index in [0.717, 1.165) is 11.1 Å². The molecule has 0 radical (unpaired) electrons. The summed E-state index contributed by atoms with van der Waals surface area (Å²) in [6.07, 6.45) is -0.410. The standard InChI is InChI=1S/C15H13BCl2O2/c17-15(18)16-19-13(11-7-3-1-4-8-11)14(20-16)12-9-5-2-6-10-12/h1-10,13-15H. The highest BCUT2D eigenvalue weighted by atomic mass is 35.5. The number of halogens is 2. The Balaban J connectivity index is 1.93. The van der Waals surface area contributed by atoms with Crippen molar-refractivity contribution in [2.24, 2.45) is 0 Å². The number of benzene rings is 2. The first-order valence-electron chi connectivity index (χ1n) is 6.44. The summed E-state index contributed by atoms with van der Waals surface area (Å²) in [6.45, 7) is 0. The van der Waals surface area contributed by atoms with Crippen molar-refractivity contribution < 1.29 is 9.31 Å². The van der Waals surface area contributed by atoms with E-state index in [-0.39, 0.29) is 12.2 Å². The molecule has 0 bridgehead atoms. The second-order valence-electron chi connectivity index (χ2n) is 4.64. The van der Waals surface area contributed by atoms with Crippen LogP contribution < -0.4 is 0 Å². The van der Waals surface area contributed by atoms with Crippen LogP contribution in [0.3, 0.4) is 0 Å². The lowest BCUT2D eigenvalue weighted by Crippen LogP contribution is -2.23. The summed E-state index contributed by atoms with van der Waals surface area (Å²) < 4.78 is 11.1. The van der Waals surface area contributed by atoms with Gasteiger partial charge in [-0.1, -0.05) is 60.7 Å². The van der Waals surface area contributed by atoms with Gasteiger partial charge < -0.3 is 9.31 Å². The second-order valence-corrected chi connectivity index (χ2v) is 5.80. The predicted molar refractivity (Wildman–Crippen MR) is 81.8 cm³/mol. The van der Waals surface area contributed by atoms with E-state index in [1.165, 1.54) is 0 Å². The van der Waals surface area contributed by atoms with Gasteiger partial charge in [0.25, 0.3) is 0 Å². The quantitative estimate of drug-likeness (QED) is 0.620. The van der Waals surface area contributed by atoms with E-state index in [1.807, 2.05) is 60.7 Å². The van der Waals surface area contributed by atoms with Gasteiger partial charge in [-0.2, -0.15) is 0 Å². The molecular weight excluding hydrogens is 294 g/mol. The zero-order chi connectivity index (χ0) is 13.9. The van der Waals surface area contributed by atoms with Crippen LogP contribution in [0.5, 0.6) is 0 Å². The van der Waals surface area contributed by atoms with Gasteiger partial charge in [-0.15, -0.1) is 23.2 Å². The van der Waals surface area contributed by atoms with E-state index < -0.39 is 11.9 Å².